The van der Waals surface area contributed by atoms with Crippen molar-refractivity contribution >= 4 is 33.0 Å². The van der Waals surface area contributed by atoms with Gasteiger partial charge in [-0.05, 0) is 36.8 Å². The number of hydrogen-bond donors (Lipinski definition) is 0. The molecule has 1 saturated heterocycles. The van der Waals surface area contributed by atoms with Crippen LogP contribution in [0.4, 0.5) is 0 Å². The molecule has 0 bridgehead atoms. The Kier molecular flexibility index (Phi) is 4.34. The van der Waals surface area contributed by atoms with Gasteiger partial charge < -0.3 is 4.90 Å². The van der Waals surface area contributed by atoms with Gasteiger partial charge in [0.25, 0.3) is 5.56 Å². The molecule has 1 amide bonds. The number of nitrogens with zero attached hydrogens (tertiary/aromatic N) is 4. The molecule has 26 heavy (non-hydrogen) atoms. The molecular weight excluding hydrogens is 348 g/mol. The average Bonchev–Trinajstić information content (AvgIpc) is 3.14. The highest BCUT2D eigenvalue weighted by atomic mass is 32.1. The lowest BCUT2D eigenvalue weighted by atomic mass is 9.92. The van der Waals surface area contributed by atoms with E-state index in [0.29, 0.717) is 17.4 Å². The summed E-state index contributed by atoms with van der Waals surface area (Å²) in [5.74, 6) is 0.976. The number of rotatable bonds is 3. The van der Waals surface area contributed by atoms with E-state index in [2.05, 4.69) is 31.9 Å². The molecule has 1 aliphatic rings. The van der Waals surface area contributed by atoms with Gasteiger partial charge in [-0.15, -0.1) is 11.3 Å². The van der Waals surface area contributed by atoms with Crippen molar-refractivity contribution in [2.45, 2.75) is 40.2 Å². The number of carbonyl (C=O) groups excluding carboxylic acids is 1. The highest BCUT2D eigenvalue weighted by Gasteiger charge is 2.26. The second-order valence-electron chi connectivity index (χ2n) is 7.55. The number of aromatic nitrogens is 3. The minimum absolute atomic E-state index is 0.00775. The second kappa shape index (κ2) is 6.54. The van der Waals surface area contributed by atoms with Crippen molar-refractivity contribution in [2.75, 3.05) is 13.1 Å². The van der Waals surface area contributed by atoms with Gasteiger partial charge in [0, 0.05) is 18.0 Å². The lowest BCUT2D eigenvalue weighted by Gasteiger charge is -2.35. The maximum Gasteiger partial charge on any atom is 0.291 e. The van der Waals surface area contributed by atoms with E-state index in [1.165, 1.54) is 9.56 Å². The van der Waals surface area contributed by atoms with E-state index in [9.17, 15) is 9.59 Å². The minimum Gasteiger partial charge on any atom is -0.341 e. The molecule has 3 aromatic heterocycles. The summed E-state index contributed by atoms with van der Waals surface area (Å²) in [5.41, 5.74) is 1.39. The molecule has 0 N–H and O–H groups in total. The second-order valence-corrected chi connectivity index (χ2v) is 8.72. The summed E-state index contributed by atoms with van der Waals surface area (Å²) in [6, 6.07) is 4.02. The van der Waals surface area contributed by atoms with Crippen LogP contribution in [0.15, 0.2) is 23.3 Å². The monoisotopic (exact) mass is 372 g/mol. The SMILES string of the molecule is CCc1cc2c(cc3c(=O)n(CC(=O)N4C[C@@H](C)C[C@H](C)C4)ncn32)s1. The Morgan fingerprint density at radius 3 is 2.65 bits per heavy atom. The van der Waals surface area contributed by atoms with E-state index >= 15 is 0 Å². The number of carbonyl (C=O) groups is 1. The number of likely N-dealkylation sites (tertiary alicyclic amines) is 1. The Bertz CT molecular complexity index is 1020. The van der Waals surface area contributed by atoms with Gasteiger partial charge in [-0.1, -0.05) is 20.8 Å². The van der Waals surface area contributed by atoms with E-state index in [4.69, 9.17) is 0 Å². The third-order valence-electron chi connectivity index (χ3n) is 5.19. The van der Waals surface area contributed by atoms with E-state index in [1.54, 1.807) is 17.7 Å². The van der Waals surface area contributed by atoms with Gasteiger partial charge in [0.05, 0.1) is 10.2 Å². The van der Waals surface area contributed by atoms with Crippen molar-refractivity contribution < 1.29 is 4.79 Å². The normalized spacial score (nSPS) is 21.0. The molecule has 138 valence electrons. The first-order chi connectivity index (χ1) is 12.5. The molecule has 0 radical (unpaired) electrons. The van der Waals surface area contributed by atoms with Crippen molar-refractivity contribution in [3.05, 3.63) is 33.7 Å². The summed E-state index contributed by atoms with van der Waals surface area (Å²) in [6.45, 7) is 8.00. The zero-order valence-electron chi connectivity index (χ0n) is 15.4. The van der Waals surface area contributed by atoms with Crippen LogP contribution in [0.1, 0.15) is 32.1 Å². The summed E-state index contributed by atoms with van der Waals surface area (Å²) in [6.07, 6.45) is 3.78. The number of fused-ring (bicyclic) bond motifs is 3. The summed E-state index contributed by atoms with van der Waals surface area (Å²) >= 11 is 1.70. The Balaban J connectivity index is 1.63. The van der Waals surface area contributed by atoms with Crippen LogP contribution in [0, 0.1) is 11.8 Å². The van der Waals surface area contributed by atoms with Crippen LogP contribution in [0.2, 0.25) is 0 Å². The molecule has 7 heteroatoms. The highest BCUT2D eigenvalue weighted by Crippen LogP contribution is 2.28. The van der Waals surface area contributed by atoms with Crippen molar-refractivity contribution in [1.82, 2.24) is 19.1 Å². The predicted molar refractivity (Wildman–Crippen MR) is 104 cm³/mol. The van der Waals surface area contributed by atoms with Gasteiger partial charge in [-0.3, -0.25) is 14.0 Å². The topological polar surface area (TPSA) is 59.6 Å². The fraction of sp³-hybridized carbons (Fsp3) is 0.526. The van der Waals surface area contributed by atoms with Crippen LogP contribution in [0.25, 0.3) is 15.7 Å². The first-order valence-electron chi connectivity index (χ1n) is 9.23. The molecule has 6 nitrogen and oxygen atoms in total. The maximum absolute atomic E-state index is 12.8. The molecular formula is C19H24N4O2S. The van der Waals surface area contributed by atoms with Crippen molar-refractivity contribution in [3.63, 3.8) is 0 Å². The Morgan fingerprint density at radius 1 is 1.23 bits per heavy atom. The molecule has 1 fully saturated rings. The van der Waals surface area contributed by atoms with E-state index in [0.717, 1.165) is 36.1 Å². The summed E-state index contributed by atoms with van der Waals surface area (Å²) < 4.78 is 4.22. The van der Waals surface area contributed by atoms with Crippen LogP contribution in [-0.4, -0.2) is 38.1 Å². The summed E-state index contributed by atoms with van der Waals surface area (Å²) in [7, 11) is 0. The molecule has 2 atom stereocenters. The Labute approximate surface area is 156 Å². The molecule has 0 aromatic carbocycles. The number of hydrogen-bond acceptors (Lipinski definition) is 4. The van der Waals surface area contributed by atoms with Gasteiger partial charge in [-0.2, -0.15) is 5.10 Å². The van der Waals surface area contributed by atoms with Crippen molar-refractivity contribution in [2.24, 2.45) is 11.8 Å². The molecule has 4 rings (SSSR count). The zero-order valence-corrected chi connectivity index (χ0v) is 16.3. The number of piperidine rings is 1. The number of aryl methyl sites for hydroxylation is 1. The van der Waals surface area contributed by atoms with E-state index < -0.39 is 0 Å². The Hall–Kier alpha value is -2.15. The van der Waals surface area contributed by atoms with E-state index in [-0.39, 0.29) is 18.0 Å². The molecule has 0 saturated carbocycles. The third-order valence-corrected chi connectivity index (χ3v) is 6.41. The zero-order chi connectivity index (χ0) is 18.4. The standard InChI is InChI=1S/C19H24N4O2S/c1-4-14-6-15-17(26-14)7-16-19(25)23(20-11-22(15)16)10-18(24)21-8-12(2)5-13(3)9-21/h6-7,11-13H,4-5,8-10H2,1-3H3/t12-,13-/m0/s1. The average molecular weight is 372 g/mol. The van der Waals surface area contributed by atoms with Crippen LogP contribution in [0.3, 0.4) is 0 Å². The molecule has 0 unspecified atom stereocenters. The molecule has 0 spiro atoms. The molecule has 3 aromatic rings. The first kappa shape index (κ1) is 17.3. The van der Waals surface area contributed by atoms with E-state index in [1.807, 2.05) is 15.4 Å². The maximum atomic E-state index is 12.8. The van der Waals surface area contributed by atoms with Crippen LogP contribution < -0.4 is 5.56 Å². The number of thiophene rings is 1. The largest absolute Gasteiger partial charge is 0.341 e. The minimum atomic E-state index is -0.208. The van der Waals surface area contributed by atoms with Gasteiger partial charge >= 0.3 is 0 Å². The lowest BCUT2D eigenvalue weighted by Crippen LogP contribution is -2.45. The Morgan fingerprint density at radius 2 is 1.96 bits per heavy atom. The van der Waals surface area contributed by atoms with Crippen molar-refractivity contribution in [1.29, 1.82) is 0 Å². The van der Waals surface area contributed by atoms with Gasteiger partial charge in [-0.25, -0.2) is 4.68 Å². The van der Waals surface area contributed by atoms with Crippen LogP contribution >= 0.6 is 11.3 Å². The lowest BCUT2D eigenvalue weighted by molar-refractivity contribution is -0.134. The molecule has 1 aliphatic heterocycles. The predicted octanol–water partition coefficient (Wildman–Crippen LogP) is 2.78. The van der Waals surface area contributed by atoms with Gasteiger partial charge in [0.2, 0.25) is 5.91 Å². The first-order valence-corrected chi connectivity index (χ1v) is 10.0. The highest BCUT2D eigenvalue weighted by molar-refractivity contribution is 7.19. The van der Waals surface area contributed by atoms with Crippen LogP contribution in [0.5, 0.6) is 0 Å². The van der Waals surface area contributed by atoms with Crippen molar-refractivity contribution in [3.8, 4) is 0 Å². The number of amides is 1. The van der Waals surface area contributed by atoms with Gasteiger partial charge in [0.15, 0.2) is 0 Å². The third kappa shape index (κ3) is 2.94. The fourth-order valence-electron chi connectivity index (χ4n) is 4.03. The fourth-order valence-corrected chi connectivity index (χ4v) is 5.06. The summed E-state index contributed by atoms with van der Waals surface area (Å²) in [4.78, 5) is 28.7. The quantitative estimate of drug-likeness (QED) is 0.710. The van der Waals surface area contributed by atoms with Gasteiger partial charge in [0.1, 0.15) is 18.4 Å². The smallest absolute Gasteiger partial charge is 0.291 e. The molecule has 4 heterocycles. The molecule has 0 aliphatic carbocycles. The summed E-state index contributed by atoms with van der Waals surface area (Å²) in [5, 5.41) is 4.26. The van der Waals surface area contributed by atoms with Crippen LogP contribution in [-0.2, 0) is 17.8 Å².